The highest BCUT2D eigenvalue weighted by Crippen LogP contribution is 2.42. The molecule has 9 nitrogen and oxygen atoms in total. The van der Waals surface area contributed by atoms with Crippen molar-refractivity contribution < 1.29 is 28.7 Å². The highest BCUT2D eigenvalue weighted by molar-refractivity contribution is 6.07. The van der Waals surface area contributed by atoms with Crippen LogP contribution in [0.1, 0.15) is 11.6 Å². The van der Waals surface area contributed by atoms with Gasteiger partial charge in [-0.25, -0.2) is 0 Å². The lowest BCUT2D eigenvalue weighted by atomic mass is 9.90. The summed E-state index contributed by atoms with van der Waals surface area (Å²) in [6, 6.07) is 13.5. The van der Waals surface area contributed by atoms with Crippen LogP contribution in [0.3, 0.4) is 0 Å². The third-order valence-corrected chi connectivity index (χ3v) is 4.84. The predicted octanol–water partition coefficient (Wildman–Crippen LogP) is 0.902. The van der Waals surface area contributed by atoms with E-state index in [1.54, 1.807) is 55.6 Å². The van der Waals surface area contributed by atoms with E-state index in [-0.39, 0.29) is 6.54 Å². The van der Waals surface area contributed by atoms with Crippen molar-refractivity contribution in [1.29, 1.82) is 0 Å². The average molecular weight is 397 g/mol. The van der Waals surface area contributed by atoms with Gasteiger partial charge in [0.2, 0.25) is 11.8 Å². The van der Waals surface area contributed by atoms with E-state index in [0.717, 1.165) is 0 Å². The molecule has 29 heavy (non-hydrogen) atoms. The summed E-state index contributed by atoms with van der Waals surface area (Å²) in [6.45, 7) is -0.248. The van der Waals surface area contributed by atoms with Crippen molar-refractivity contribution in [3.63, 3.8) is 0 Å². The van der Waals surface area contributed by atoms with Gasteiger partial charge in [-0.1, -0.05) is 12.1 Å². The lowest BCUT2D eigenvalue weighted by molar-refractivity contribution is -0.176. The molecule has 2 saturated heterocycles. The van der Waals surface area contributed by atoms with Crippen molar-refractivity contribution in [2.24, 2.45) is 11.7 Å². The number of rotatable bonds is 6. The van der Waals surface area contributed by atoms with E-state index in [0.29, 0.717) is 22.8 Å². The van der Waals surface area contributed by atoms with Gasteiger partial charge in [0.1, 0.15) is 23.8 Å². The molecule has 2 aromatic carbocycles. The summed E-state index contributed by atoms with van der Waals surface area (Å²) >= 11 is 0. The van der Waals surface area contributed by atoms with Crippen molar-refractivity contribution in [1.82, 2.24) is 10.4 Å². The van der Waals surface area contributed by atoms with Crippen LogP contribution in [0.2, 0.25) is 0 Å². The maximum atomic E-state index is 12.3. The normalized spacial score (nSPS) is 23.6. The molecule has 2 heterocycles. The fourth-order valence-electron chi connectivity index (χ4n) is 3.59. The van der Waals surface area contributed by atoms with Crippen LogP contribution in [-0.2, 0) is 19.2 Å². The van der Waals surface area contributed by atoms with Crippen molar-refractivity contribution in [2.45, 2.75) is 12.1 Å². The number of ether oxygens (including phenoxy) is 2. The van der Waals surface area contributed by atoms with Crippen LogP contribution in [0.15, 0.2) is 48.5 Å². The van der Waals surface area contributed by atoms with Crippen LogP contribution >= 0.6 is 0 Å². The lowest BCUT2D eigenvalue weighted by Crippen LogP contribution is -2.37. The van der Waals surface area contributed by atoms with Gasteiger partial charge in [-0.3, -0.25) is 24.5 Å². The molecule has 0 bridgehead atoms. The fraction of sp³-hybridized carbons (Fsp3) is 0.250. The summed E-state index contributed by atoms with van der Waals surface area (Å²) in [5, 5.41) is 3.56. The first-order valence-electron chi connectivity index (χ1n) is 8.94. The topological polar surface area (TPSA) is 120 Å². The summed E-state index contributed by atoms with van der Waals surface area (Å²) in [5.74, 6) is -0.544. The maximum Gasteiger partial charge on any atom is 0.258 e. The van der Waals surface area contributed by atoms with E-state index in [1.807, 2.05) is 0 Å². The van der Waals surface area contributed by atoms with E-state index >= 15 is 0 Å². The number of carbonyl (C=O) groups is 3. The third-order valence-electron chi connectivity index (χ3n) is 4.84. The van der Waals surface area contributed by atoms with Crippen LogP contribution < -0.4 is 20.5 Å². The molecular weight excluding hydrogens is 378 g/mol. The second kappa shape index (κ2) is 7.53. The molecule has 3 amide bonds. The Balaban J connectivity index is 1.63. The minimum atomic E-state index is -0.988. The zero-order valence-corrected chi connectivity index (χ0v) is 15.5. The van der Waals surface area contributed by atoms with Crippen LogP contribution in [0.4, 0.5) is 0 Å². The molecule has 2 fully saturated rings. The minimum absolute atomic E-state index is 0.248. The quantitative estimate of drug-likeness (QED) is 0.695. The Morgan fingerprint density at radius 3 is 2.52 bits per heavy atom. The van der Waals surface area contributed by atoms with Gasteiger partial charge in [-0.15, -0.1) is 0 Å². The van der Waals surface area contributed by atoms with Crippen molar-refractivity contribution >= 4 is 17.7 Å². The van der Waals surface area contributed by atoms with Gasteiger partial charge in [0.15, 0.2) is 6.10 Å². The number of methoxy groups -OCH3 is 1. The van der Waals surface area contributed by atoms with Gasteiger partial charge in [-0.05, 0) is 42.0 Å². The Kier molecular flexibility index (Phi) is 4.91. The number of nitrogens with one attached hydrogen (secondary N) is 1. The molecule has 0 radical (unpaired) electrons. The largest absolute Gasteiger partial charge is 0.497 e. The van der Waals surface area contributed by atoms with Crippen molar-refractivity contribution in [2.75, 3.05) is 13.7 Å². The Labute approximate surface area is 166 Å². The highest BCUT2D eigenvalue weighted by atomic mass is 16.7. The molecule has 3 N–H and O–H groups in total. The first-order valence-corrected chi connectivity index (χ1v) is 8.94. The number of hydrogen-bond donors (Lipinski definition) is 2. The lowest BCUT2D eigenvalue weighted by Gasteiger charge is -2.24. The van der Waals surface area contributed by atoms with Gasteiger partial charge in [-0.2, -0.15) is 5.06 Å². The molecule has 150 valence electrons. The maximum absolute atomic E-state index is 12.3. The summed E-state index contributed by atoms with van der Waals surface area (Å²) in [4.78, 5) is 41.3. The number of hydroxylamine groups is 2. The van der Waals surface area contributed by atoms with Gasteiger partial charge in [0, 0.05) is 0 Å². The van der Waals surface area contributed by atoms with E-state index < -0.39 is 35.8 Å². The van der Waals surface area contributed by atoms with E-state index in [1.165, 1.54) is 5.06 Å². The second-order valence-electron chi connectivity index (χ2n) is 6.74. The standard InChI is InChI=1S/C20H19N3O6/c1-27-12-5-7-13(8-6-12)28-14-4-2-3-11(9-14)17-16-18(20(26)22-19(16)25)29-23(17)10-15(21)24/h2-9,16-18H,10H2,1H3,(H2,21,24)(H,22,25,26). The van der Waals surface area contributed by atoms with Crippen LogP contribution in [0.25, 0.3) is 0 Å². The van der Waals surface area contributed by atoms with Crippen molar-refractivity contribution in [3.05, 3.63) is 54.1 Å². The number of nitrogens with zero attached hydrogens (tertiary/aromatic N) is 1. The summed E-state index contributed by atoms with van der Waals surface area (Å²) in [7, 11) is 1.58. The molecule has 0 aliphatic carbocycles. The first kappa shape index (κ1) is 18.9. The molecule has 2 aliphatic heterocycles. The molecule has 3 atom stereocenters. The van der Waals surface area contributed by atoms with Crippen LogP contribution in [-0.4, -0.2) is 42.5 Å². The predicted molar refractivity (Wildman–Crippen MR) is 99.7 cm³/mol. The summed E-state index contributed by atoms with van der Waals surface area (Å²) in [5.41, 5.74) is 5.97. The number of fused-ring (bicyclic) bond motifs is 1. The van der Waals surface area contributed by atoms with Gasteiger partial charge < -0.3 is 15.2 Å². The van der Waals surface area contributed by atoms with Gasteiger partial charge in [0.25, 0.3) is 5.91 Å². The number of nitrogens with two attached hydrogens (primary N) is 1. The molecular formula is C20H19N3O6. The van der Waals surface area contributed by atoms with Gasteiger partial charge >= 0.3 is 0 Å². The Morgan fingerprint density at radius 1 is 1.10 bits per heavy atom. The number of primary amides is 1. The monoisotopic (exact) mass is 397 g/mol. The van der Waals surface area contributed by atoms with E-state index in [4.69, 9.17) is 20.0 Å². The summed E-state index contributed by atoms with van der Waals surface area (Å²) in [6.07, 6.45) is -0.988. The average Bonchev–Trinajstić information content (AvgIpc) is 3.19. The molecule has 3 unspecified atom stereocenters. The first-order chi connectivity index (χ1) is 14.0. The third kappa shape index (κ3) is 3.65. The highest BCUT2D eigenvalue weighted by Gasteiger charge is 2.56. The number of benzene rings is 2. The fourth-order valence-corrected chi connectivity index (χ4v) is 3.59. The zero-order valence-electron chi connectivity index (χ0n) is 15.5. The molecule has 0 spiro atoms. The molecule has 9 heteroatoms. The number of amides is 3. The molecule has 0 aromatic heterocycles. The van der Waals surface area contributed by atoms with Gasteiger partial charge in [0.05, 0.1) is 19.1 Å². The SMILES string of the molecule is COc1ccc(Oc2cccc(C3C4C(=O)NC(=O)C4ON3CC(N)=O)c2)cc1. The molecule has 4 rings (SSSR count). The smallest absolute Gasteiger partial charge is 0.258 e. The Morgan fingerprint density at radius 2 is 1.83 bits per heavy atom. The van der Waals surface area contributed by atoms with Crippen molar-refractivity contribution in [3.8, 4) is 17.2 Å². The number of carbonyl (C=O) groups excluding carboxylic acids is 3. The van der Waals surface area contributed by atoms with Crippen LogP contribution in [0.5, 0.6) is 17.2 Å². The Hall–Kier alpha value is -3.43. The number of imide groups is 1. The van der Waals surface area contributed by atoms with Crippen LogP contribution in [0, 0.1) is 5.92 Å². The molecule has 2 aromatic rings. The second-order valence-corrected chi connectivity index (χ2v) is 6.74. The molecule has 2 aliphatic rings. The minimum Gasteiger partial charge on any atom is -0.497 e. The molecule has 0 saturated carbocycles. The van der Waals surface area contributed by atoms with E-state index in [2.05, 4.69) is 5.32 Å². The number of hydrogen-bond acceptors (Lipinski definition) is 7. The van der Waals surface area contributed by atoms with E-state index in [9.17, 15) is 14.4 Å². The zero-order chi connectivity index (χ0) is 20.5. The Bertz CT molecular complexity index is 961. The summed E-state index contributed by atoms with van der Waals surface area (Å²) < 4.78 is 11.0.